The molecule has 0 unspecified atom stereocenters. The van der Waals surface area contributed by atoms with Gasteiger partial charge < -0.3 is 4.90 Å². The van der Waals surface area contributed by atoms with E-state index in [-0.39, 0.29) is 0 Å². The maximum atomic E-state index is 12.9. The molecule has 10 heteroatoms. The summed E-state index contributed by atoms with van der Waals surface area (Å²) in [6.45, 7) is 8.34. The van der Waals surface area contributed by atoms with Gasteiger partial charge in [0.25, 0.3) is 0 Å². The van der Waals surface area contributed by atoms with Gasteiger partial charge in [0, 0.05) is 49.4 Å². The van der Waals surface area contributed by atoms with Gasteiger partial charge in [-0.3, -0.25) is 9.58 Å². The SMILES string of the molecule is CC(C)[C@@H](c1cnn(C)c1)N1CC[C@H]2CN(c3ncnc4sc(CC(F)(F)F)cc34)C[C@H]2C1. The van der Waals surface area contributed by atoms with Crippen molar-refractivity contribution in [2.75, 3.05) is 31.1 Å². The van der Waals surface area contributed by atoms with Crippen LogP contribution in [0, 0.1) is 17.8 Å². The molecule has 5 rings (SSSR count). The molecule has 2 saturated heterocycles. The number of nitrogens with zero attached hydrogens (tertiary/aromatic N) is 6. The fraction of sp³-hybridized carbons (Fsp3) is 0.609. The summed E-state index contributed by atoms with van der Waals surface area (Å²) < 4.78 is 40.6. The molecule has 33 heavy (non-hydrogen) atoms. The first-order valence-corrected chi connectivity index (χ1v) is 12.3. The van der Waals surface area contributed by atoms with Crippen molar-refractivity contribution >= 4 is 27.4 Å². The Labute approximate surface area is 195 Å². The van der Waals surface area contributed by atoms with E-state index in [1.54, 1.807) is 6.07 Å². The van der Waals surface area contributed by atoms with E-state index in [0.717, 1.165) is 55.1 Å². The van der Waals surface area contributed by atoms with Crippen molar-refractivity contribution in [1.29, 1.82) is 0 Å². The van der Waals surface area contributed by atoms with Crippen LogP contribution in [0.3, 0.4) is 0 Å². The van der Waals surface area contributed by atoms with Crippen molar-refractivity contribution in [3.05, 3.63) is 35.2 Å². The quantitative estimate of drug-likeness (QED) is 0.533. The van der Waals surface area contributed by atoms with Gasteiger partial charge in [-0.25, -0.2) is 9.97 Å². The summed E-state index contributed by atoms with van der Waals surface area (Å²) in [5.41, 5.74) is 1.26. The average Bonchev–Trinajstić information content (AvgIpc) is 3.43. The summed E-state index contributed by atoms with van der Waals surface area (Å²) in [6.07, 6.45) is 1.55. The highest BCUT2D eigenvalue weighted by atomic mass is 32.1. The number of thiophene rings is 1. The Morgan fingerprint density at radius 1 is 1.15 bits per heavy atom. The summed E-state index contributed by atoms with van der Waals surface area (Å²) in [7, 11) is 1.95. The molecule has 3 atom stereocenters. The molecular formula is C23H29F3N6S. The third-order valence-corrected chi connectivity index (χ3v) is 8.00. The Balaban J connectivity index is 1.35. The number of aryl methyl sites for hydroxylation is 1. The molecule has 3 aromatic rings. The summed E-state index contributed by atoms with van der Waals surface area (Å²) >= 11 is 1.12. The largest absolute Gasteiger partial charge is 0.393 e. The molecule has 0 aromatic carbocycles. The first-order chi connectivity index (χ1) is 15.7. The highest BCUT2D eigenvalue weighted by Gasteiger charge is 2.40. The van der Waals surface area contributed by atoms with Gasteiger partial charge in [0.2, 0.25) is 0 Å². The summed E-state index contributed by atoms with van der Waals surface area (Å²) in [4.78, 5) is 14.5. The number of likely N-dealkylation sites (tertiary alicyclic amines) is 1. The van der Waals surface area contributed by atoms with Crippen LogP contribution in [0.25, 0.3) is 10.2 Å². The Morgan fingerprint density at radius 3 is 2.64 bits per heavy atom. The first kappa shape index (κ1) is 22.6. The number of halogens is 3. The van der Waals surface area contributed by atoms with Crippen molar-refractivity contribution in [1.82, 2.24) is 24.6 Å². The van der Waals surface area contributed by atoms with Crippen LogP contribution in [0.5, 0.6) is 0 Å². The molecule has 0 spiro atoms. The predicted octanol–water partition coefficient (Wildman–Crippen LogP) is 4.69. The molecule has 5 heterocycles. The normalized spacial score (nSPS) is 22.9. The van der Waals surface area contributed by atoms with Gasteiger partial charge in [0.05, 0.1) is 18.0 Å². The minimum Gasteiger partial charge on any atom is -0.355 e. The average molecular weight is 479 g/mol. The molecular weight excluding hydrogens is 449 g/mol. The smallest absolute Gasteiger partial charge is 0.355 e. The van der Waals surface area contributed by atoms with Crippen LogP contribution in [0.15, 0.2) is 24.8 Å². The number of anilines is 1. The van der Waals surface area contributed by atoms with Crippen LogP contribution in [-0.4, -0.2) is 57.0 Å². The molecule has 2 aliphatic heterocycles. The van der Waals surface area contributed by atoms with Crippen molar-refractivity contribution in [3.63, 3.8) is 0 Å². The number of rotatable bonds is 5. The highest BCUT2D eigenvalue weighted by molar-refractivity contribution is 7.18. The lowest BCUT2D eigenvalue weighted by Gasteiger charge is -2.40. The van der Waals surface area contributed by atoms with Gasteiger partial charge in [-0.05, 0) is 36.8 Å². The maximum absolute atomic E-state index is 12.9. The predicted molar refractivity (Wildman–Crippen MR) is 123 cm³/mol. The molecule has 2 fully saturated rings. The summed E-state index contributed by atoms with van der Waals surface area (Å²) in [5, 5.41) is 5.13. The van der Waals surface area contributed by atoms with Crippen molar-refractivity contribution < 1.29 is 13.2 Å². The first-order valence-electron chi connectivity index (χ1n) is 11.5. The van der Waals surface area contributed by atoms with Gasteiger partial charge >= 0.3 is 6.18 Å². The van der Waals surface area contributed by atoms with E-state index >= 15 is 0 Å². The molecule has 178 valence electrons. The van der Waals surface area contributed by atoms with Gasteiger partial charge in [-0.2, -0.15) is 18.3 Å². The topological polar surface area (TPSA) is 50.1 Å². The molecule has 0 saturated carbocycles. The second kappa shape index (κ2) is 8.54. The van der Waals surface area contributed by atoms with Crippen LogP contribution >= 0.6 is 11.3 Å². The van der Waals surface area contributed by atoms with E-state index in [9.17, 15) is 13.2 Å². The highest BCUT2D eigenvalue weighted by Crippen LogP contribution is 2.41. The summed E-state index contributed by atoms with van der Waals surface area (Å²) in [6, 6.07) is 1.97. The Hall–Kier alpha value is -2.20. The van der Waals surface area contributed by atoms with E-state index in [0.29, 0.717) is 33.5 Å². The number of fused-ring (bicyclic) bond motifs is 2. The summed E-state index contributed by atoms with van der Waals surface area (Å²) in [5.74, 6) is 2.33. The van der Waals surface area contributed by atoms with E-state index < -0.39 is 12.6 Å². The molecule has 3 aromatic heterocycles. The van der Waals surface area contributed by atoms with Gasteiger partial charge in [0.15, 0.2) is 0 Å². The molecule has 0 aliphatic carbocycles. The van der Waals surface area contributed by atoms with E-state index in [4.69, 9.17) is 0 Å². The van der Waals surface area contributed by atoms with Crippen LogP contribution < -0.4 is 4.90 Å². The molecule has 0 bridgehead atoms. The number of hydrogen-bond acceptors (Lipinski definition) is 6. The van der Waals surface area contributed by atoms with Crippen LogP contribution in [0.1, 0.15) is 36.8 Å². The Kier molecular flexibility index (Phi) is 5.84. The third kappa shape index (κ3) is 4.59. The molecule has 0 N–H and O–H groups in total. The fourth-order valence-corrected chi connectivity index (χ4v) is 6.68. The standard InChI is InChI=1S/C23H29F3N6S/c1-14(2)20(16-8-29-30(3)9-16)31-5-4-15-10-32(12-17(15)11-31)21-19-6-18(7-23(24,25)26)33-22(19)28-13-27-21/h6,8-9,13-15,17,20H,4-5,7,10-12H2,1-3H3/t15-,17+,20-/m0/s1. The zero-order chi connectivity index (χ0) is 23.3. The second-order valence-electron chi connectivity index (χ2n) is 9.77. The van der Waals surface area contributed by atoms with Gasteiger partial charge in [-0.15, -0.1) is 11.3 Å². The minimum absolute atomic E-state index is 0.290. The lowest BCUT2D eigenvalue weighted by atomic mass is 9.85. The third-order valence-electron chi connectivity index (χ3n) is 6.96. The Bertz CT molecular complexity index is 1120. The lowest BCUT2D eigenvalue weighted by molar-refractivity contribution is -0.126. The number of piperidine rings is 1. The van der Waals surface area contributed by atoms with Gasteiger partial charge in [-0.1, -0.05) is 13.8 Å². The number of hydrogen-bond donors (Lipinski definition) is 0. The van der Waals surface area contributed by atoms with Crippen molar-refractivity contribution in [2.24, 2.45) is 24.8 Å². The number of aromatic nitrogens is 4. The van der Waals surface area contributed by atoms with Crippen molar-refractivity contribution in [3.8, 4) is 0 Å². The van der Waals surface area contributed by atoms with Crippen LogP contribution in [-0.2, 0) is 13.5 Å². The second-order valence-corrected chi connectivity index (χ2v) is 10.9. The van der Waals surface area contributed by atoms with E-state index in [1.165, 1.54) is 11.9 Å². The molecule has 0 amide bonds. The fourth-order valence-electron chi connectivity index (χ4n) is 5.66. The minimum atomic E-state index is -4.22. The lowest BCUT2D eigenvalue weighted by Crippen LogP contribution is -2.43. The zero-order valence-corrected chi connectivity index (χ0v) is 19.9. The maximum Gasteiger partial charge on any atom is 0.393 e. The molecule has 6 nitrogen and oxygen atoms in total. The van der Waals surface area contributed by atoms with E-state index in [1.807, 2.05) is 17.9 Å². The Morgan fingerprint density at radius 2 is 1.94 bits per heavy atom. The molecule has 0 radical (unpaired) electrons. The van der Waals surface area contributed by atoms with Crippen LogP contribution in [0.4, 0.5) is 19.0 Å². The van der Waals surface area contributed by atoms with Gasteiger partial charge in [0.1, 0.15) is 17.0 Å². The monoisotopic (exact) mass is 478 g/mol. The molecule has 2 aliphatic rings. The number of alkyl halides is 3. The van der Waals surface area contributed by atoms with Crippen LogP contribution in [0.2, 0.25) is 0 Å². The van der Waals surface area contributed by atoms with Crippen molar-refractivity contribution in [2.45, 2.75) is 38.9 Å². The zero-order valence-electron chi connectivity index (χ0n) is 19.1. The van der Waals surface area contributed by atoms with E-state index in [2.05, 4.69) is 44.9 Å².